The van der Waals surface area contributed by atoms with Gasteiger partial charge >= 0.3 is 6.03 Å². The second-order valence-electron chi connectivity index (χ2n) is 8.62. The molecule has 0 aliphatic carbocycles. The third-order valence-corrected chi connectivity index (χ3v) is 6.05. The van der Waals surface area contributed by atoms with Crippen LogP contribution in [0.4, 0.5) is 4.79 Å². The fourth-order valence-electron chi connectivity index (χ4n) is 4.62. The Balaban J connectivity index is 1.46. The number of rotatable bonds is 4. The van der Waals surface area contributed by atoms with Gasteiger partial charge in [-0.3, -0.25) is 19.7 Å². The van der Waals surface area contributed by atoms with Gasteiger partial charge in [0.1, 0.15) is 11.8 Å². The van der Waals surface area contributed by atoms with Crippen LogP contribution in [0.5, 0.6) is 5.75 Å². The van der Waals surface area contributed by atoms with E-state index in [1.807, 2.05) is 13.0 Å². The van der Waals surface area contributed by atoms with Crippen molar-refractivity contribution < 1.29 is 23.9 Å². The molecular weight excluding hydrogens is 400 g/mol. The number of likely N-dealkylation sites (tertiary alicyclic amines) is 1. The Kier molecular flexibility index (Phi) is 5.84. The highest BCUT2D eigenvalue weighted by Crippen LogP contribution is 2.31. The van der Waals surface area contributed by atoms with Crippen molar-refractivity contribution in [1.82, 2.24) is 20.9 Å². The average molecular weight is 428 g/mol. The molecule has 2 fully saturated rings. The number of nitrogens with one attached hydrogen (secondary N) is 3. The lowest BCUT2D eigenvalue weighted by Crippen LogP contribution is -2.61. The number of carbonyl (C=O) groups excluding carboxylic acids is 4. The Bertz CT molecular complexity index is 915. The quantitative estimate of drug-likeness (QED) is 0.654. The third kappa shape index (κ3) is 4.50. The van der Waals surface area contributed by atoms with E-state index >= 15 is 0 Å². The summed E-state index contributed by atoms with van der Waals surface area (Å²) in [5.41, 5.74) is 2.69. The number of imide groups is 1. The van der Waals surface area contributed by atoms with Gasteiger partial charge in [-0.15, -0.1) is 0 Å². The molecule has 4 rings (SSSR count). The van der Waals surface area contributed by atoms with E-state index in [1.54, 1.807) is 4.90 Å². The van der Waals surface area contributed by atoms with Crippen LogP contribution in [0.2, 0.25) is 0 Å². The van der Waals surface area contributed by atoms with Crippen LogP contribution in [0.25, 0.3) is 0 Å². The van der Waals surface area contributed by atoms with E-state index < -0.39 is 18.0 Å². The van der Waals surface area contributed by atoms with Crippen LogP contribution >= 0.6 is 0 Å². The van der Waals surface area contributed by atoms with Gasteiger partial charge in [-0.2, -0.15) is 0 Å². The largest absolute Gasteiger partial charge is 0.492 e. The van der Waals surface area contributed by atoms with Crippen LogP contribution < -0.4 is 20.7 Å². The predicted octanol–water partition coefficient (Wildman–Crippen LogP) is 0.749. The lowest BCUT2D eigenvalue weighted by Gasteiger charge is -2.39. The zero-order valence-corrected chi connectivity index (χ0v) is 17.8. The minimum Gasteiger partial charge on any atom is -0.492 e. The van der Waals surface area contributed by atoms with Gasteiger partial charge in [-0.05, 0) is 36.0 Å². The summed E-state index contributed by atoms with van der Waals surface area (Å²) in [6.07, 6.45) is 2.28. The molecule has 3 heterocycles. The molecule has 166 valence electrons. The summed E-state index contributed by atoms with van der Waals surface area (Å²) in [6, 6.07) is 2.22. The fraction of sp³-hybridized carbons (Fsp3) is 0.545. The monoisotopic (exact) mass is 428 g/mol. The van der Waals surface area contributed by atoms with Crippen LogP contribution in [0, 0.1) is 5.92 Å². The lowest BCUT2D eigenvalue weighted by atomic mass is 9.94. The Hall–Kier alpha value is -3.10. The first-order chi connectivity index (χ1) is 14.8. The highest BCUT2D eigenvalue weighted by atomic mass is 16.5. The van der Waals surface area contributed by atoms with Crippen molar-refractivity contribution in [2.24, 2.45) is 5.92 Å². The predicted molar refractivity (Wildman–Crippen MR) is 112 cm³/mol. The number of ether oxygens (including phenoxy) is 1. The number of carbonyl (C=O) groups is 4. The van der Waals surface area contributed by atoms with Crippen LogP contribution in [-0.2, 0) is 22.4 Å². The van der Waals surface area contributed by atoms with Crippen molar-refractivity contribution in [3.05, 3.63) is 28.8 Å². The number of hydrogen-bond acceptors (Lipinski definition) is 5. The van der Waals surface area contributed by atoms with Gasteiger partial charge in [-0.1, -0.05) is 19.9 Å². The maximum atomic E-state index is 13.1. The molecule has 2 unspecified atom stereocenters. The molecule has 0 radical (unpaired) electrons. The molecule has 5 amide bonds. The van der Waals surface area contributed by atoms with Gasteiger partial charge in [0, 0.05) is 25.6 Å². The molecule has 3 aliphatic rings. The van der Waals surface area contributed by atoms with Crippen molar-refractivity contribution in [1.29, 1.82) is 0 Å². The van der Waals surface area contributed by atoms with Crippen molar-refractivity contribution in [2.45, 2.75) is 51.6 Å². The Morgan fingerprint density at radius 1 is 1.26 bits per heavy atom. The number of fused-ring (bicyclic) bond motifs is 1. The van der Waals surface area contributed by atoms with E-state index in [2.05, 4.69) is 28.9 Å². The molecule has 3 N–H and O–H groups in total. The molecule has 3 aliphatic heterocycles. The first-order valence-corrected chi connectivity index (χ1v) is 10.8. The molecule has 1 aromatic rings. The number of benzene rings is 1. The highest BCUT2D eigenvalue weighted by Gasteiger charge is 2.36. The maximum absolute atomic E-state index is 13.1. The average Bonchev–Trinajstić information content (AvgIpc) is 3.19. The second-order valence-corrected chi connectivity index (χ2v) is 8.62. The molecule has 0 saturated carbocycles. The summed E-state index contributed by atoms with van der Waals surface area (Å²) in [5, 5.41) is 7.72. The Morgan fingerprint density at radius 3 is 2.81 bits per heavy atom. The molecule has 9 nitrogen and oxygen atoms in total. The minimum absolute atomic E-state index is 0.0836. The molecular formula is C22H28N4O5. The number of aryl methyl sites for hydroxylation is 1. The molecule has 3 atom stereocenters. The van der Waals surface area contributed by atoms with Crippen molar-refractivity contribution in [2.75, 3.05) is 19.7 Å². The first kappa shape index (κ1) is 21.1. The molecule has 1 aromatic carbocycles. The van der Waals surface area contributed by atoms with E-state index in [0.717, 1.165) is 30.4 Å². The lowest BCUT2D eigenvalue weighted by molar-refractivity contribution is -0.138. The van der Waals surface area contributed by atoms with Crippen LogP contribution in [0.1, 0.15) is 48.2 Å². The number of nitrogens with zero attached hydrogens (tertiary/aromatic N) is 1. The topological polar surface area (TPSA) is 117 Å². The minimum atomic E-state index is -0.874. The summed E-state index contributed by atoms with van der Waals surface area (Å²) in [7, 11) is 0. The molecule has 0 spiro atoms. The number of urea groups is 1. The van der Waals surface area contributed by atoms with Crippen molar-refractivity contribution in [3.63, 3.8) is 0 Å². The van der Waals surface area contributed by atoms with Gasteiger partial charge in [0.05, 0.1) is 18.6 Å². The van der Waals surface area contributed by atoms with Gasteiger partial charge in [-0.25, -0.2) is 4.79 Å². The van der Waals surface area contributed by atoms with Gasteiger partial charge in [0.25, 0.3) is 5.91 Å². The summed E-state index contributed by atoms with van der Waals surface area (Å²) < 4.78 is 5.72. The zero-order valence-electron chi connectivity index (χ0n) is 17.8. The molecule has 2 saturated heterocycles. The Labute approximate surface area is 180 Å². The van der Waals surface area contributed by atoms with E-state index in [-0.39, 0.29) is 30.2 Å². The molecule has 9 heteroatoms. The summed E-state index contributed by atoms with van der Waals surface area (Å²) in [6.45, 7) is 5.49. The summed E-state index contributed by atoms with van der Waals surface area (Å²) in [4.78, 5) is 50.9. The van der Waals surface area contributed by atoms with Crippen LogP contribution in [0.15, 0.2) is 12.1 Å². The Morgan fingerprint density at radius 2 is 2.06 bits per heavy atom. The molecule has 0 bridgehead atoms. The van der Waals surface area contributed by atoms with Crippen LogP contribution in [0.3, 0.4) is 0 Å². The van der Waals surface area contributed by atoms with Gasteiger partial charge < -0.3 is 20.3 Å². The number of piperidine rings is 1. The fourth-order valence-corrected chi connectivity index (χ4v) is 4.62. The van der Waals surface area contributed by atoms with E-state index in [4.69, 9.17) is 4.74 Å². The third-order valence-electron chi connectivity index (χ3n) is 6.05. The van der Waals surface area contributed by atoms with Gasteiger partial charge in [0.2, 0.25) is 11.8 Å². The van der Waals surface area contributed by atoms with Crippen molar-refractivity contribution >= 4 is 23.8 Å². The van der Waals surface area contributed by atoms with E-state index in [9.17, 15) is 19.2 Å². The maximum Gasteiger partial charge on any atom is 0.322 e. The van der Waals surface area contributed by atoms with E-state index in [0.29, 0.717) is 31.0 Å². The molecule has 31 heavy (non-hydrogen) atoms. The first-order valence-electron chi connectivity index (χ1n) is 10.8. The summed E-state index contributed by atoms with van der Waals surface area (Å²) >= 11 is 0. The van der Waals surface area contributed by atoms with E-state index in [1.165, 1.54) is 0 Å². The number of amides is 5. The number of hydrogen-bond donors (Lipinski definition) is 3. The zero-order chi connectivity index (χ0) is 22.1. The standard InChI is InChI=1S/C22H28N4O5/c1-3-13-7-14-4-5-31-19(14)16(8-13)20(28)23-15-6-12(2)10-26(11-15)21(29)17-9-18(27)25-22(30)24-17/h7-8,12,15,17H,3-6,9-11H2,1-2H3,(H,23,28)(H2,24,25,27,30)/t12?,15?,17-/m0/s1. The highest BCUT2D eigenvalue weighted by molar-refractivity contribution is 6.02. The smallest absolute Gasteiger partial charge is 0.322 e. The SMILES string of the molecule is CCc1cc2c(c(C(=O)NC3CC(C)CN(C(=O)[C@@H]4CC(=O)NC(=O)N4)C3)c1)OCC2. The summed E-state index contributed by atoms with van der Waals surface area (Å²) in [5.74, 6) is -0.152. The van der Waals surface area contributed by atoms with Gasteiger partial charge in [0.15, 0.2) is 0 Å². The second kappa shape index (κ2) is 8.56. The normalized spacial score (nSPS) is 25.2. The van der Waals surface area contributed by atoms with Crippen LogP contribution in [-0.4, -0.2) is 60.4 Å². The molecule has 0 aromatic heterocycles. The van der Waals surface area contributed by atoms with Crippen molar-refractivity contribution in [3.8, 4) is 5.75 Å².